The quantitative estimate of drug-likeness (QED) is 0.664. The van der Waals surface area contributed by atoms with Gasteiger partial charge in [0, 0.05) is 13.1 Å². The third kappa shape index (κ3) is 3.35. The minimum Gasteiger partial charge on any atom is -0.223 e. The Morgan fingerprint density at radius 2 is 1.88 bits per heavy atom. The fraction of sp³-hybridized carbons (Fsp3) is 0.176. The lowest BCUT2D eigenvalue weighted by Gasteiger charge is -2.25. The predicted molar refractivity (Wildman–Crippen MR) is 96.1 cm³/mol. The molecule has 9 heteroatoms. The van der Waals surface area contributed by atoms with Gasteiger partial charge in [0.25, 0.3) is 0 Å². The van der Waals surface area contributed by atoms with Gasteiger partial charge in [-0.3, -0.25) is 0 Å². The number of halogens is 2. The van der Waals surface area contributed by atoms with Crippen molar-refractivity contribution < 1.29 is 12.8 Å². The first-order valence-electron chi connectivity index (χ1n) is 7.69. The van der Waals surface area contributed by atoms with E-state index >= 15 is 0 Å². The summed E-state index contributed by atoms with van der Waals surface area (Å²) in [5.74, 6) is -0.949. The highest BCUT2D eigenvalue weighted by molar-refractivity contribution is 7.89. The van der Waals surface area contributed by atoms with Crippen LogP contribution >= 0.6 is 11.6 Å². The SMILES string of the molecule is CC(c1ccc(-n2cncn2)cc1)N(C)S(=O)(=O)c1cccc(Cl)c1F. The molecular formula is C17H16ClFN4O2S. The van der Waals surface area contributed by atoms with Gasteiger partial charge in [-0.1, -0.05) is 29.8 Å². The molecule has 0 N–H and O–H groups in total. The number of benzene rings is 2. The maximum Gasteiger partial charge on any atom is 0.246 e. The van der Waals surface area contributed by atoms with E-state index in [1.165, 1.54) is 31.6 Å². The van der Waals surface area contributed by atoms with Crippen LogP contribution in [0, 0.1) is 5.82 Å². The van der Waals surface area contributed by atoms with Gasteiger partial charge in [-0.05, 0) is 36.8 Å². The molecule has 0 spiro atoms. The Bertz CT molecular complexity index is 1010. The Balaban J connectivity index is 1.89. The van der Waals surface area contributed by atoms with E-state index in [2.05, 4.69) is 10.1 Å². The predicted octanol–water partition coefficient (Wildman–Crippen LogP) is 3.44. The Labute approximate surface area is 155 Å². The van der Waals surface area contributed by atoms with E-state index in [0.29, 0.717) is 0 Å². The fourth-order valence-corrected chi connectivity index (χ4v) is 4.17. The Morgan fingerprint density at radius 3 is 2.50 bits per heavy atom. The van der Waals surface area contributed by atoms with E-state index in [1.54, 1.807) is 42.2 Å². The summed E-state index contributed by atoms with van der Waals surface area (Å²) in [6.07, 6.45) is 2.99. The van der Waals surface area contributed by atoms with Crippen molar-refractivity contribution in [3.63, 3.8) is 0 Å². The molecule has 0 radical (unpaired) electrons. The number of rotatable bonds is 5. The molecule has 3 aromatic rings. The second-order valence-electron chi connectivity index (χ2n) is 5.68. The van der Waals surface area contributed by atoms with Crippen molar-refractivity contribution in [1.82, 2.24) is 19.1 Å². The van der Waals surface area contributed by atoms with Crippen LogP contribution in [0.2, 0.25) is 5.02 Å². The molecule has 0 amide bonds. The van der Waals surface area contributed by atoms with Gasteiger partial charge < -0.3 is 0 Å². The number of nitrogens with zero attached hydrogens (tertiary/aromatic N) is 4. The minimum absolute atomic E-state index is 0.232. The number of hydrogen-bond donors (Lipinski definition) is 0. The lowest BCUT2D eigenvalue weighted by atomic mass is 10.1. The van der Waals surface area contributed by atoms with Gasteiger partial charge in [-0.2, -0.15) is 9.40 Å². The minimum atomic E-state index is -4.05. The molecule has 2 aromatic carbocycles. The second kappa shape index (κ2) is 7.14. The summed E-state index contributed by atoms with van der Waals surface area (Å²) < 4.78 is 42.4. The van der Waals surface area contributed by atoms with Gasteiger partial charge in [-0.25, -0.2) is 22.5 Å². The van der Waals surface area contributed by atoms with Crippen molar-refractivity contribution in [2.45, 2.75) is 17.9 Å². The van der Waals surface area contributed by atoms with Crippen molar-refractivity contribution >= 4 is 21.6 Å². The average Bonchev–Trinajstić information content (AvgIpc) is 3.17. The Kier molecular flexibility index (Phi) is 5.08. The van der Waals surface area contributed by atoms with Crippen molar-refractivity contribution in [2.24, 2.45) is 0 Å². The first-order chi connectivity index (χ1) is 12.3. The maximum absolute atomic E-state index is 14.2. The van der Waals surface area contributed by atoms with Gasteiger partial charge >= 0.3 is 0 Å². The third-order valence-electron chi connectivity index (χ3n) is 4.18. The summed E-state index contributed by atoms with van der Waals surface area (Å²) in [7, 11) is -2.64. The highest BCUT2D eigenvalue weighted by Crippen LogP contribution is 2.29. The number of hydrogen-bond acceptors (Lipinski definition) is 4. The van der Waals surface area contributed by atoms with Crippen LogP contribution in [-0.4, -0.2) is 34.5 Å². The van der Waals surface area contributed by atoms with Crippen molar-refractivity contribution in [3.8, 4) is 5.69 Å². The number of aromatic nitrogens is 3. The third-order valence-corrected chi connectivity index (χ3v) is 6.41. The van der Waals surface area contributed by atoms with E-state index in [-0.39, 0.29) is 5.02 Å². The zero-order valence-electron chi connectivity index (χ0n) is 14.0. The average molecular weight is 395 g/mol. The molecule has 1 heterocycles. The van der Waals surface area contributed by atoms with Crippen LogP contribution in [0.4, 0.5) is 4.39 Å². The highest BCUT2D eigenvalue weighted by atomic mass is 35.5. The van der Waals surface area contributed by atoms with Crippen molar-refractivity contribution in [2.75, 3.05) is 7.05 Å². The van der Waals surface area contributed by atoms with Crippen LogP contribution in [0.3, 0.4) is 0 Å². The van der Waals surface area contributed by atoms with Crippen molar-refractivity contribution in [1.29, 1.82) is 0 Å². The summed E-state index contributed by atoms with van der Waals surface area (Å²) in [6.45, 7) is 1.73. The summed E-state index contributed by atoms with van der Waals surface area (Å²) in [4.78, 5) is 3.44. The van der Waals surface area contributed by atoms with Crippen LogP contribution in [0.1, 0.15) is 18.5 Å². The van der Waals surface area contributed by atoms with E-state index in [0.717, 1.165) is 15.6 Å². The molecule has 3 rings (SSSR count). The summed E-state index contributed by atoms with van der Waals surface area (Å²) in [6, 6.07) is 10.6. The van der Waals surface area contributed by atoms with E-state index in [1.807, 2.05) is 0 Å². The van der Waals surface area contributed by atoms with Gasteiger partial charge in [0.1, 0.15) is 17.6 Å². The first-order valence-corrected chi connectivity index (χ1v) is 9.51. The van der Waals surface area contributed by atoms with Crippen LogP contribution < -0.4 is 0 Å². The maximum atomic E-state index is 14.2. The van der Waals surface area contributed by atoms with Gasteiger partial charge in [-0.15, -0.1) is 0 Å². The molecular weight excluding hydrogens is 379 g/mol. The van der Waals surface area contributed by atoms with Crippen LogP contribution in [0.15, 0.2) is 60.0 Å². The zero-order valence-corrected chi connectivity index (χ0v) is 15.6. The molecule has 0 fully saturated rings. The molecule has 1 unspecified atom stereocenters. The number of sulfonamides is 1. The summed E-state index contributed by atoms with van der Waals surface area (Å²) in [5, 5.41) is 3.81. The van der Waals surface area contributed by atoms with Crippen LogP contribution in [-0.2, 0) is 10.0 Å². The molecule has 0 aliphatic rings. The zero-order chi connectivity index (χ0) is 18.9. The Morgan fingerprint density at radius 1 is 1.19 bits per heavy atom. The van der Waals surface area contributed by atoms with Gasteiger partial charge in [0.2, 0.25) is 10.0 Å². The second-order valence-corrected chi connectivity index (χ2v) is 8.05. The first kappa shape index (κ1) is 18.5. The lowest BCUT2D eigenvalue weighted by Crippen LogP contribution is -2.30. The lowest BCUT2D eigenvalue weighted by molar-refractivity contribution is 0.395. The standard InChI is InChI=1S/C17H16ClFN4O2S/c1-12(13-6-8-14(9-7-13)23-11-20-10-21-23)22(2)26(24,25)16-5-3-4-15(18)17(16)19/h3-12H,1-2H3. The van der Waals surface area contributed by atoms with E-state index in [4.69, 9.17) is 11.6 Å². The summed E-state index contributed by atoms with van der Waals surface area (Å²) in [5.41, 5.74) is 1.55. The molecule has 26 heavy (non-hydrogen) atoms. The monoisotopic (exact) mass is 394 g/mol. The normalized spacial score (nSPS) is 13.1. The molecule has 0 saturated heterocycles. The fourth-order valence-electron chi connectivity index (χ4n) is 2.50. The topological polar surface area (TPSA) is 68.1 Å². The molecule has 0 aliphatic carbocycles. The van der Waals surface area contributed by atoms with Gasteiger partial charge in [0.05, 0.1) is 10.7 Å². The molecule has 0 bridgehead atoms. The molecule has 6 nitrogen and oxygen atoms in total. The van der Waals surface area contributed by atoms with Crippen LogP contribution in [0.5, 0.6) is 0 Å². The summed E-state index contributed by atoms with van der Waals surface area (Å²) >= 11 is 5.72. The van der Waals surface area contributed by atoms with Crippen molar-refractivity contribution in [3.05, 3.63) is 71.5 Å². The molecule has 0 saturated carbocycles. The van der Waals surface area contributed by atoms with E-state index < -0.39 is 26.8 Å². The molecule has 0 aliphatic heterocycles. The van der Waals surface area contributed by atoms with Gasteiger partial charge in [0.15, 0.2) is 5.82 Å². The highest BCUT2D eigenvalue weighted by Gasteiger charge is 2.29. The van der Waals surface area contributed by atoms with Crippen LogP contribution in [0.25, 0.3) is 5.69 Å². The Hall–Kier alpha value is -2.29. The molecule has 136 valence electrons. The largest absolute Gasteiger partial charge is 0.246 e. The van der Waals surface area contributed by atoms with E-state index in [9.17, 15) is 12.8 Å². The molecule has 1 aromatic heterocycles. The smallest absolute Gasteiger partial charge is 0.223 e. The molecule has 1 atom stereocenters.